The van der Waals surface area contributed by atoms with Gasteiger partial charge in [-0.2, -0.15) is 0 Å². The number of ether oxygens (including phenoxy) is 1. The molecule has 2 heterocycles. The minimum absolute atomic E-state index is 0.0506. The molecule has 0 radical (unpaired) electrons. The molecule has 24 heavy (non-hydrogen) atoms. The van der Waals surface area contributed by atoms with E-state index in [2.05, 4.69) is 16.5 Å². The van der Waals surface area contributed by atoms with Crippen molar-refractivity contribution in [3.63, 3.8) is 0 Å². The second-order valence-corrected chi connectivity index (χ2v) is 7.23. The molecule has 0 fully saturated rings. The van der Waals surface area contributed by atoms with Crippen molar-refractivity contribution in [1.82, 2.24) is 14.9 Å². The lowest BCUT2D eigenvalue weighted by Crippen LogP contribution is -2.35. The minimum Gasteiger partial charge on any atom is -0.389 e. The molecule has 1 atom stereocenters. The average molecular weight is 349 g/mol. The van der Waals surface area contributed by atoms with Crippen LogP contribution >= 0.6 is 11.3 Å². The number of H-pyrrole nitrogens is 1. The summed E-state index contributed by atoms with van der Waals surface area (Å²) in [4.78, 5) is 24.2. The van der Waals surface area contributed by atoms with Crippen molar-refractivity contribution in [1.29, 1.82) is 0 Å². The van der Waals surface area contributed by atoms with Crippen molar-refractivity contribution in [2.75, 3.05) is 26.8 Å². The lowest BCUT2D eigenvalue weighted by molar-refractivity contribution is 0.0381. The molecule has 6 nitrogen and oxygen atoms in total. The molecule has 0 spiro atoms. The average Bonchev–Trinajstić information content (AvgIpc) is 3.07. The smallest absolute Gasteiger partial charge is 0.259 e. The van der Waals surface area contributed by atoms with Crippen molar-refractivity contribution in [3.05, 3.63) is 39.3 Å². The first-order valence-electron chi connectivity index (χ1n) is 8.16. The Hall–Kier alpha value is -1.54. The van der Waals surface area contributed by atoms with Crippen molar-refractivity contribution in [3.8, 4) is 0 Å². The van der Waals surface area contributed by atoms with Gasteiger partial charge in [0.2, 0.25) is 0 Å². The summed E-state index contributed by atoms with van der Waals surface area (Å²) in [5.41, 5.74) is 1.14. The molecule has 2 aromatic rings. The molecule has 0 saturated carbocycles. The number of aromatic nitrogens is 2. The van der Waals surface area contributed by atoms with E-state index in [0.717, 1.165) is 29.5 Å². The third-order valence-corrected chi connectivity index (χ3v) is 5.40. The summed E-state index contributed by atoms with van der Waals surface area (Å²) < 4.78 is 4.97. The van der Waals surface area contributed by atoms with Crippen LogP contribution in [0.5, 0.6) is 0 Å². The number of fused-ring (bicyclic) bond motifs is 3. The maximum Gasteiger partial charge on any atom is 0.259 e. The van der Waals surface area contributed by atoms with Gasteiger partial charge in [-0.05, 0) is 24.8 Å². The number of nitrogens with one attached hydrogen (secondary N) is 1. The Bertz CT molecular complexity index is 783. The third kappa shape index (κ3) is 3.59. The van der Waals surface area contributed by atoms with Gasteiger partial charge in [0.25, 0.3) is 5.56 Å². The van der Waals surface area contributed by atoms with Crippen LogP contribution in [0, 0.1) is 0 Å². The van der Waals surface area contributed by atoms with Crippen LogP contribution in [0.1, 0.15) is 22.7 Å². The molecule has 3 rings (SSSR count). The Morgan fingerprint density at radius 2 is 2.38 bits per heavy atom. The lowest BCUT2D eigenvalue weighted by atomic mass is 10.2. The van der Waals surface area contributed by atoms with Crippen LogP contribution in [0.3, 0.4) is 0 Å². The molecular weight excluding hydrogens is 326 g/mol. The number of aliphatic hydroxyl groups is 1. The zero-order chi connectivity index (χ0) is 17.1. The third-order valence-electron chi connectivity index (χ3n) is 4.21. The van der Waals surface area contributed by atoms with E-state index in [1.807, 2.05) is 4.90 Å². The molecule has 2 aromatic heterocycles. The van der Waals surface area contributed by atoms with E-state index in [9.17, 15) is 9.90 Å². The van der Waals surface area contributed by atoms with Crippen LogP contribution in [0.15, 0.2) is 17.4 Å². The maximum atomic E-state index is 12.5. The van der Waals surface area contributed by atoms with Gasteiger partial charge in [-0.25, -0.2) is 4.98 Å². The van der Waals surface area contributed by atoms with Gasteiger partial charge in [0, 0.05) is 25.1 Å². The topological polar surface area (TPSA) is 78.5 Å². The molecule has 0 bridgehead atoms. The summed E-state index contributed by atoms with van der Waals surface area (Å²) in [7, 11) is 1.56. The molecule has 1 aliphatic carbocycles. The Labute approximate surface area is 144 Å². The number of thiophene rings is 1. The van der Waals surface area contributed by atoms with Crippen LogP contribution < -0.4 is 5.56 Å². The summed E-state index contributed by atoms with van der Waals surface area (Å²) in [5, 5.41) is 10.7. The SMILES string of the molecule is C=CCN(Cc1nc2sc3c(c2c(=O)[nH]1)CCC3)C[C@H](O)COC. The second-order valence-electron chi connectivity index (χ2n) is 6.14. The number of nitrogens with zero attached hydrogens (tertiary/aromatic N) is 2. The number of methoxy groups -OCH3 is 1. The van der Waals surface area contributed by atoms with Crippen LogP contribution in [-0.4, -0.2) is 52.9 Å². The molecule has 0 unspecified atom stereocenters. The lowest BCUT2D eigenvalue weighted by Gasteiger charge is -2.22. The number of rotatable bonds is 8. The molecule has 7 heteroatoms. The first-order chi connectivity index (χ1) is 11.6. The van der Waals surface area contributed by atoms with Gasteiger partial charge in [-0.15, -0.1) is 17.9 Å². The number of aliphatic hydroxyl groups excluding tert-OH is 1. The van der Waals surface area contributed by atoms with Gasteiger partial charge in [0.05, 0.1) is 24.6 Å². The normalized spacial score (nSPS) is 15.1. The zero-order valence-corrected chi connectivity index (χ0v) is 14.7. The van der Waals surface area contributed by atoms with Gasteiger partial charge in [-0.3, -0.25) is 9.69 Å². The van der Waals surface area contributed by atoms with Crippen molar-refractivity contribution >= 4 is 21.6 Å². The Morgan fingerprint density at radius 3 is 3.12 bits per heavy atom. The van der Waals surface area contributed by atoms with E-state index in [1.54, 1.807) is 24.5 Å². The molecule has 0 aliphatic heterocycles. The van der Waals surface area contributed by atoms with Gasteiger partial charge in [0.15, 0.2) is 0 Å². The molecule has 0 saturated heterocycles. The minimum atomic E-state index is -0.587. The Kier molecular flexibility index (Phi) is 5.45. The molecule has 0 amide bonds. The Balaban J connectivity index is 1.83. The van der Waals surface area contributed by atoms with Gasteiger partial charge < -0.3 is 14.8 Å². The number of aryl methyl sites for hydroxylation is 2. The van der Waals surface area contributed by atoms with E-state index in [0.29, 0.717) is 25.5 Å². The van der Waals surface area contributed by atoms with E-state index in [1.165, 1.54) is 10.4 Å². The fourth-order valence-electron chi connectivity index (χ4n) is 3.26. The summed E-state index contributed by atoms with van der Waals surface area (Å²) >= 11 is 1.64. The predicted molar refractivity (Wildman–Crippen MR) is 95.6 cm³/mol. The molecule has 1 aliphatic rings. The molecular formula is C17H23N3O3S. The summed E-state index contributed by atoms with van der Waals surface area (Å²) in [6.07, 6.45) is 4.34. The number of hydrogen-bond acceptors (Lipinski definition) is 6. The van der Waals surface area contributed by atoms with E-state index >= 15 is 0 Å². The van der Waals surface area contributed by atoms with Gasteiger partial charge in [-0.1, -0.05) is 6.08 Å². The van der Waals surface area contributed by atoms with Crippen LogP contribution in [0.2, 0.25) is 0 Å². The predicted octanol–water partition coefficient (Wildman–Crippen LogP) is 1.47. The highest BCUT2D eigenvalue weighted by Crippen LogP contribution is 2.34. The Morgan fingerprint density at radius 1 is 1.54 bits per heavy atom. The molecule has 130 valence electrons. The van der Waals surface area contributed by atoms with Gasteiger partial charge in [0.1, 0.15) is 10.7 Å². The first-order valence-corrected chi connectivity index (χ1v) is 8.97. The number of hydrogen-bond donors (Lipinski definition) is 2. The van der Waals surface area contributed by atoms with E-state index < -0.39 is 6.10 Å². The van der Waals surface area contributed by atoms with Crippen molar-refractivity contribution < 1.29 is 9.84 Å². The zero-order valence-electron chi connectivity index (χ0n) is 13.9. The second kappa shape index (κ2) is 7.57. The summed E-state index contributed by atoms with van der Waals surface area (Å²) in [6.45, 7) is 5.52. The highest BCUT2D eigenvalue weighted by atomic mass is 32.1. The largest absolute Gasteiger partial charge is 0.389 e. The highest BCUT2D eigenvalue weighted by molar-refractivity contribution is 7.18. The quantitative estimate of drug-likeness (QED) is 0.706. The fraction of sp³-hybridized carbons (Fsp3) is 0.529. The molecule has 0 aromatic carbocycles. The van der Waals surface area contributed by atoms with Crippen LogP contribution in [0.4, 0.5) is 0 Å². The maximum absolute atomic E-state index is 12.5. The first kappa shape index (κ1) is 17.3. The molecule has 2 N–H and O–H groups in total. The fourth-order valence-corrected chi connectivity index (χ4v) is 4.54. The van der Waals surface area contributed by atoms with E-state index in [-0.39, 0.29) is 12.2 Å². The van der Waals surface area contributed by atoms with Crippen LogP contribution in [0.25, 0.3) is 10.2 Å². The summed E-state index contributed by atoms with van der Waals surface area (Å²) in [6, 6.07) is 0. The van der Waals surface area contributed by atoms with Crippen molar-refractivity contribution in [2.24, 2.45) is 0 Å². The summed E-state index contributed by atoms with van der Waals surface area (Å²) in [5.74, 6) is 0.624. The van der Waals surface area contributed by atoms with Gasteiger partial charge >= 0.3 is 0 Å². The van der Waals surface area contributed by atoms with E-state index in [4.69, 9.17) is 4.74 Å². The standard InChI is InChI=1S/C17H23N3O3S/c1-3-7-20(8-11(21)10-23-2)9-14-18-16(22)15-12-5-4-6-13(12)24-17(15)19-14/h3,11,21H,1,4-10H2,2H3,(H,18,19,22)/t11-/m0/s1. The van der Waals surface area contributed by atoms with Crippen LogP contribution in [-0.2, 0) is 24.1 Å². The van der Waals surface area contributed by atoms with Crippen molar-refractivity contribution in [2.45, 2.75) is 31.9 Å². The monoisotopic (exact) mass is 349 g/mol. The highest BCUT2D eigenvalue weighted by Gasteiger charge is 2.21. The number of aromatic amines is 1.